The van der Waals surface area contributed by atoms with Crippen molar-refractivity contribution in [2.45, 2.75) is 0 Å². The molecular weight excluding hydrogens is 169 g/mol. The minimum atomic E-state index is -0.240. The Balaban J connectivity index is 2.71. The molecule has 0 radical (unpaired) electrons. The van der Waals surface area contributed by atoms with Gasteiger partial charge in [-0.3, -0.25) is 0 Å². The molecule has 4 heteroatoms. The zero-order valence-corrected chi connectivity index (χ0v) is 7.53. The van der Waals surface area contributed by atoms with E-state index in [0.29, 0.717) is 0 Å². The maximum Gasteiger partial charge on any atom is 0.125 e. The molecule has 2 aromatic rings. The van der Waals surface area contributed by atoms with Gasteiger partial charge in [-0.1, -0.05) is 0 Å². The summed E-state index contributed by atoms with van der Waals surface area (Å²) in [4.78, 5) is 1.65. The third-order valence-electron chi connectivity index (χ3n) is 1.89. The van der Waals surface area contributed by atoms with Crippen LogP contribution in [0.3, 0.4) is 0 Å². The van der Waals surface area contributed by atoms with Crippen LogP contribution in [-0.2, 0) is 0 Å². The molecule has 1 aromatic carbocycles. The van der Waals surface area contributed by atoms with E-state index in [1.54, 1.807) is 22.1 Å². The molecule has 1 heterocycles. The third-order valence-corrected chi connectivity index (χ3v) is 1.89. The van der Waals surface area contributed by atoms with Gasteiger partial charge in [0.15, 0.2) is 0 Å². The standard InChI is InChI=1S/C9H10FN3/c1-12(2)13-9-5-8(10)4-3-7(9)6-11-13/h3-6H,1-2H3. The zero-order chi connectivity index (χ0) is 9.42. The Morgan fingerprint density at radius 2 is 2.15 bits per heavy atom. The van der Waals surface area contributed by atoms with Crippen molar-refractivity contribution in [3.05, 3.63) is 30.2 Å². The Labute approximate surface area is 75.3 Å². The smallest absolute Gasteiger partial charge is 0.125 e. The van der Waals surface area contributed by atoms with Crippen molar-refractivity contribution >= 4 is 10.9 Å². The van der Waals surface area contributed by atoms with Crippen LogP contribution in [0.5, 0.6) is 0 Å². The van der Waals surface area contributed by atoms with E-state index in [9.17, 15) is 4.39 Å². The first-order valence-electron chi connectivity index (χ1n) is 3.99. The molecule has 13 heavy (non-hydrogen) atoms. The van der Waals surface area contributed by atoms with Crippen LogP contribution in [0.4, 0.5) is 4.39 Å². The molecule has 0 amide bonds. The van der Waals surface area contributed by atoms with E-state index < -0.39 is 0 Å². The Bertz CT molecular complexity index is 433. The maximum atomic E-state index is 12.9. The molecule has 0 aliphatic heterocycles. The first kappa shape index (κ1) is 8.04. The lowest BCUT2D eigenvalue weighted by molar-refractivity contribution is 0.623. The highest BCUT2D eigenvalue weighted by atomic mass is 19.1. The van der Waals surface area contributed by atoms with Crippen LogP contribution in [0, 0.1) is 5.82 Å². The molecule has 0 bridgehead atoms. The molecule has 0 atom stereocenters. The molecule has 68 valence electrons. The second-order valence-electron chi connectivity index (χ2n) is 3.08. The lowest BCUT2D eigenvalue weighted by atomic mass is 10.2. The minimum Gasteiger partial charge on any atom is -0.303 e. The fraction of sp³-hybridized carbons (Fsp3) is 0.222. The zero-order valence-electron chi connectivity index (χ0n) is 7.53. The lowest BCUT2D eigenvalue weighted by Gasteiger charge is -2.12. The molecule has 3 nitrogen and oxygen atoms in total. The predicted molar refractivity (Wildman–Crippen MR) is 49.8 cm³/mol. The van der Waals surface area contributed by atoms with Crippen molar-refractivity contribution < 1.29 is 4.39 Å². The van der Waals surface area contributed by atoms with Crippen LogP contribution >= 0.6 is 0 Å². The number of nitrogens with zero attached hydrogens (tertiary/aromatic N) is 3. The summed E-state index contributed by atoms with van der Waals surface area (Å²) in [5.41, 5.74) is 0.782. The Morgan fingerprint density at radius 3 is 2.85 bits per heavy atom. The van der Waals surface area contributed by atoms with Gasteiger partial charge in [0.2, 0.25) is 0 Å². The summed E-state index contributed by atoms with van der Waals surface area (Å²) in [7, 11) is 3.72. The normalized spacial score (nSPS) is 10.7. The Hall–Kier alpha value is -1.58. The van der Waals surface area contributed by atoms with E-state index in [1.165, 1.54) is 12.1 Å². The van der Waals surface area contributed by atoms with Gasteiger partial charge >= 0.3 is 0 Å². The highest BCUT2D eigenvalue weighted by molar-refractivity contribution is 5.78. The summed E-state index contributed by atoms with van der Waals surface area (Å²) in [6, 6.07) is 4.63. The minimum absolute atomic E-state index is 0.240. The number of rotatable bonds is 1. The molecule has 0 unspecified atom stereocenters. The van der Waals surface area contributed by atoms with Crippen molar-refractivity contribution in [3.8, 4) is 0 Å². The molecule has 0 aliphatic carbocycles. The number of halogens is 1. The molecule has 2 rings (SSSR count). The summed E-state index contributed by atoms with van der Waals surface area (Å²) in [5, 5.41) is 6.85. The van der Waals surface area contributed by atoms with E-state index in [2.05, 4.69) is 5.10 Å². The Morgan fingerprint density at radius 1 is 1.38 bits per heavy atom. The van der Waals surface area contributed by atoms with Gasteiger partial charge in [0.05, 0.1) is 11.7 Å². The van der Waals surface area contributed by atoms with E-state index in [4.69, 9.17) is 0 Å². The second-order valence-corrected chi connectivity index (χ2v) is 3.08. The van der Waals surface area contributed by atoms with Crippen molar-refractivity contribution in [1.29, 1.82) is 0 Å². The van der Waals surface area contributed by atoms with Crippen LogP contribution in [0.1, 0.15) is 0 Å². The number of hydrogen-bond acceptors (Lipinski definition) is 2. The summed E-state index contributed by atoms with van der Waals surface area (Å²) in [5.74, 6) is -0.240. The van der Waals surface area contributed by atoms with E-state index in [0.717, 1.165) is 10.9 Å². The average Bonchev–Trinajstić information content (AvgIpc) is 2.46. The summed E-state index contributed by atoms with van der Waals surface area (Å²) in [6.07, 6.45) is 1.72. The summed E-state index contributed by atoms with van der Waals surface area (Å²) >= 11 is 0. The Kier molecular flexibility index (Phi) is 1.69. The van der Waals surface area contributed by atoms with Gasteiger partial charge in [-0.05, 0) is 12.1 Å². The number of fused-ring (bicyclic) bond motifs is 1. The highest BCUT2D eigenvalue weighted by Crippen LogP contribution is 2.14. The van der Waals surface area contributed by atoms with E-state index >= 15 is 0 Å². The van der Waals surface area contributed by atoms with Gasteiger partial charge in [0.25, 0.3) is 0 Å². The second kappa shape index (κ2) is 2.73. The van der Waals surface area contributed by atoms with Crippen molar-refractivity contribution in [1.82, 2.24) is 9.89 Å². The molecule has 1 aromatic heterocycles. The fourth-order valence-electron chi connectivity index (χ4n) is 1.30. The van der Waals surface area contributed by atoms with Gasteiger partial charge < -0.3 is 5.01 Å². The van der Waals surface area contributed by atoms with Gasteiger partial charge in [-0.15, -0.1) is 0 Å². The van der Waals surface area contributed by atoms with Crippen LogP contribution in [0.15, 0.2) is 24.4 Å². The quantitative estimate of drug-likeness (QED) is 0.659. The first-order valence-corrected chi connectivity index (χ1v) is 3.99. The SMILES string of the molecule is CN(C)n1ncc2ccc(F)cc21. The summed E-state index contributed by atoms with van der Waals surface area (Å²) in [6.45, 7) is 0. The third kappa shape index (κ3) is 1.24. The van der Waals surface area contributed by atoms with Crippen LogP contribution in [0.25, 0.3) is 10.9 Å². The van der Waals surface area contributed by atoms with Crippen molar-refractivity contribution in [2.75, 3.05) is 19.1 Å². The van der Waals surface area contributed by atoms with Crippen LogP contribution in [0.2, 0.25) is 0 Å². The largest absolute Gasteiger partial charge is 0.303 e. The van der Waals surface area contributed by atoms with Crippen LogP contribution in [-0.4, -0.2) is 24.0 Å². The molecule has 0 fully saturated rings. The lowest BCUT2D eigenvalue weighted by Crippen LogP contribution is -2.25. The molecular formula is C9H10FN3. The van der Waals surface area contributed by atoms with Crippen molar-refractivity contribution in [2.24, 2.45) is 0 Å². The molecule has 0 saturated heterocycles. The van der Waals surface area contributed by atoms with Crippen molar-refractivity contribution in [3.63, 3.8) is 0 Å². The fourth-order valence-corrected chi connectivity index (χ4v) is 1.30. The maximum absolute atomic E-state index is 12.9. The topological polar surface area (TPSA) is 21.1 Å². The summed E-state index contributed by atoms with van der Waals surface area (Å²) < 4.78 is 12.9. The van der Waals surface area contributed by atoms with E-state index in [-0.39, 0.29) is 5.82 Å². The van der Waals surface area contributed by atoms with E-state index in [1.807, 2.05) is 14.1 Å². The molecule has 0 N–H and O–H groups in total. The molecule has 0 spiro atoms. The number of aromatic nitrogens is 2. The van der Waals surface area contributed by atoms with Gasteiger partial charge in [0.1, 0.15) is 5.82 Å². The van der Waals surface area contributed by atoms with Gasteiger partial charge in [-0.2, -0.15) is 9.89 Å². The molecule has 0 saturated carbocycles. The molecule has 0 aliphatic rings. The van der Waals surface area contributed by atoms with Crippen LogP contribution < -0.4 is 5.01 Å². The van der Waals surface area contributed by atoms with Gasteiger partial charge in [0, 0.05) is 25.5 Å². The number of hydrogen-bond donors (Lipinski definition) is 0. The average molecular weight is 179 g/mol. The monoisotopic (exact) mass is 179 g/mol. The highest BCUT2D eigenvalue weighted by Gasteiger charge is 2.04. The number of benzene rings is 1. The van der Waals surface area contributed by atoms with Gasteiger partial charge in [-0.25, -0.2) is 4.39 Å². The predicted octanol–water partition coefficient (Wildman–Crippen LogP) is 1.37. The first-order chi connectivity index (χ1) is 6.18.